The van der Waals surface area contributed by atoms with E-state index in [-0.39, 0.29) is 7.69 Å². The quantitative estimate of drug-likeness (QED) is 0.466. The van der Waals surface area contributed by atoms with Gasteiger partial charge in [-0.2, -0.15) is 5.10 Å². The van der Waals surface area contributed by atoms with E-state index in [1.165, 1.54) is 0 Å². The predicted molar refractivity (Wildman–Crippen MR) is 38.1 cm³/mol. The molecule has 0 fully saturated rings. The van der Waals surface area contributed by atoms with E-state index in [1.807, 2.05) is 26.2 Å². The second-order valence-corrected chi connectivity index (χ2v) is 1.75. The van der Waals surface area contributed by atoms with Crippen molar-refractivity contribution in [3.63, 3.8) is 0 Å². The van der Waals surface area contributed by atoms with Crippen molar-refractivity contribution in [2.45, 2.75) is 6.92 Å². The van der Waals surface area contributed by atoms with Gasteiger partial charge in [-0.15, -0.1) is 0 Å². The summed E-state index contributed by atoms with van der Waals surface area (Å²) in [6.45, 7) is 1.97. The Balaban J connectivity index is 0.000000236. The Morgan fingerprint density at radius 2 is 2.10 bits per heavy atom. The van der Waals surface area contributed by atoms with Gasteiger partial charge in [0, 0.05) is 13.2 Å². The fraction of sp³-hybridized carbons (Fsp3) is 0.400. The molecule has 0 aliphatic heterocycles. The van der Waals surface area contributed by atoms with Gasteiger partial charge >= 0.3 is 7.69 Å². The lowest BCUT2D eigenvalue weighted by Crippen LogP contribution is -1.86. The second kappa shape index (κ2) is 5.02. The van der Waals surface area contributed by atoms with Gasteiger partial charge in [-0.25, -0.2) is 0 Å². The maximum atomic E-state index is 7.00. The van der Waals surface area contributed by atoms with Gasteiger partial charge in [0.2, 0.25) is 0 Å². The third-order valence-corrected chi connectivity index (χ3v) is 0.847. The van der Waals surface area contributed by atoms with Crippen LogP contribution in [0.5, 0.6) is 0 Å². The molecule has 1 rings (SSSR count). The summed E-state index contributed by atoms with van der Waals surface area (Å²) in [5, 5.41) is 18.0. The Morgan fingerprint density at radius 3 is 2.20 bits per heavy atom. The van der Waals surface area contributed by atoms with Crippen LogP contribution in [0.15, 0.2) is 12.3 Å². The Kier molecular flexibility index (Phi) is 4.61. The lowest BCUT2D eigenvalue weighted by atomic mass is 10.5. The SMILES string of the molecule is Cc1ccn(C)n1.O[B]O. The molecule has 0 aliphatic carbocycles. The Hall–Kier alpha value is -0.805. The fourth-order valence-corrected chi connectivity index (χ4v) is 0.531. The second-order valence-electron chi connectivity index (χ2n) is 1.75. The van der Waals surface area contributed by atoms with Gasteiger partial charge in [0.15, 0.2) is 0 Å². The summed E-state index contributed by atoms with van der Waals surface area (Å²) < 4.78 is 1.79. The lowest BCUT2D eigenvalue weighted by molar-refractivity contribution is 0.448. The standard InChI is InChI=1S/C5H8N2.BH2O2/c1-5-3-4-7(2)6-5;2-1-3/h3-4H,1-2H3;2-3H. The van der Waals surface area contributed by atoms with Gasteiger partial charge in [0.05, 0.1) is 5.69 Å². The summed E-state index contributed by atoms with van der Waals surface area (Å²) in [4.78, 5) is 0. The van der Waals surface area contributed by atoms with Gasteiger partial charge in [0.25, 0.3) is 0 Å². The number of aromatic nitrogens is 2. The van der Waals surface area contributed by atoms with Crippen LogP contribution < -0.4 is 0 Å². The number of nitrogens with zero attached hydrogens (tertiary/aromatic N) is 2. The summed E-state index contributed by atoms with van der Waals surface area (Å²) in [5.74, 6) is 0. The van der Waals surface area contributed by atoms with Crippen molar-refractivity contribution in [2.75, 3.05) is 0 Å². The molecule has 0 amide bonds. The molecule has 10 heavy (non-hydrogen) atoms. The van der Waals surface area contributed by atoms with Crippen LogP contribution in [0.4, 0.5) is 0 Å². The molecule has 0 unspecified atom stereocenters. The summed E-state index contributed by atoms with van der Waals surface area (Å²) >= 11 is 0. The highest BCUT2D eigenvalue weighted by Crippen LogP contribution is 1.86. The largest absolute Gasteiger partial charge is 0.482 e. The number of hydrogen-bond acceptors (Lipinski definition) is 3. The van der Waals surface area contributed by atoms with Crippen molar-refractivity contribution in [1.82, 2.24) is 9.78 Å². The first kappa shape index (κ1) is 9.19. The molecule has 0 aliphatic rings. The molecule has 4 nitrogen and oxygen atoms in total. The van der Waals surface area contributed by atoms with Crippen LogP contribution >= 0.6 is 0 Å². The Morgan fingerprint density at radius 1 is 1.60 bits per heavy atom. The van der Waals surface area contributed by atoms with Crippen molar-refractivity contribution in [3.05, 3.63) is 18.0 Å². The Labute approximate surface area is 60.4 Å². The van der Waals surface area contributed by atoms with E-state index in [4.69, 9.17) is 10.0 Å². The number of aryl methyl sites for hydroxylation is 2. The fourth-order valence-electron chi connectivity index (χ4n) is 0.531. The van der Waals surface area contributed by atoms with Crippen LogP contribution in [0, 0.1) is 6.92 Å². The molecule has 2 N–H and O–H groups in total. The van der Waals surface area contributed by atoms with Crippen LogP contribution in [0.2, 0.25) is 0 Å². The minimum absolute atomic E-state index is 0. The normalized spacial score (nSPS) is 8.00. The summed E-state index contributed by atoms with van der Waals surface area (Å²) in [6.07, 6.45) is 1.93. The predicted octanol–water partition coefficient (Wildman–Crippen LogP) is -0.766. The third-order valence-electron chi connectivity index (χ3n) is 0.847. The third kappa shape index (κ3) is 4.11. The topological polar surface area (TPSA) is 58.3 Å². The van der Waals surface area contributed by atoms with Gasteiger partial charge in [0.1, 0.15) is 0 Å². The van der Waals surface area contributed by atoms with E-state index in [0.717, 1.165) is 5.69 Å². The zero-order chi connectivity index (χ0) is 7.98. The van der Waals surface area contributed by atoms with Crippen molar-refractivity contribution in [2.24, 2.45) is 7.05 Å². The number of hydrogen-bond donors (Lipinski definition) is 2. The molecule has 1 aromatic rings. The van der Waals surface area contributed by atoms with Crippen LogP contribution in [0.25, 0.3) is 0 Å². The maximum Gasteiger partial charge on any atom is 0.482 e. The van der Waals surface area contributed by atoms with Crippen molar-refractivity contribution in [3.8, 4) is 0 Å². The number of rotatable bonds is 0. The van der Waals surface area contributed by atoms with E-state index in [2.05, 4.69) is 5.10 Å². The summed E-state index contributed by atoms with van der Waals surface area (Å²) in [5.41, 5.74) is 1.07. The molecule has 0 bridgehead atoms. The minimum atomic E-state index is 0. The monoisotopic (exact) mass is 141 g/mol. The minimum Gasteiger partial charge on any atom is -0.429 e. The summed E-state index contributed by atoms with van der Waals surface area (Å²) in [7, 11) is 1.91. The summed E-state index contributed by atoms with van der Waals surface area (Å²) in [6, 6.07) is 1.97. The zero-order valence-corrected chi connectivity index (χ0v) is 6.02. The lowest BCUT2D eigenvalue weighted by Gasteiger charge is -1.79. The van der Waals surface area contributed by atoms with E-state index < -0.39 is 0 Å². The molecule has 55 valence electrons. The molecule has 1 radical (unpaired) electrons. The highest BCUT2D eigenvalue weighted by molar-refractivity contribution is 6.13. The van der Waals surface area contributed by atoms with Gasteiger partial charge < -0.3 is 10.0 Å². The van der Waals surface area contributed by atoms with Crippen molar-refractivity contribution >= 4 is 7.69 Å². The van der Waals surface area contributed by atoms with Crippen LogP contribution in [-0.4, -0.2) is 27.5 Å². The maximum absolute atomic E-state index is 7.00. The van der Waals surface area contributed by atoms with Crippen LogP contribution in [0.3, 0.4) is 0 Å². The molecule has 0 spiro atoms. The molecule has 0 aromatic carbocycles. The molecule has 0 saturated heterocycles. The molecular formula is C5H10BN2O2. The first-order valence-corrected chi connectivity index (χ1v) is 2.77. The van der Waals surface area contributed by atoms with Gasteiger partial charge in [-0.3, -0.25) is 4.68 Å². The van der Waals surface area contributed by atoms with Crippen LogP contribution in [0.1, 0.15) is 5.69 Å². The molecular weight excluding hydrogens is 131 g/mol. The molecule has 0 atom stereocenters. The molecule has 0 saturated carbocycles. The van der Waals surface area contributed by atoms with Crippen LogP contribution in [-0.2, 0) is 7.05 Å². The average molecular weight is 141 g/mol. The molecule has 1 heterocycles. The highest BCUT2D eigenvalue weighted by atomic mass is 16.4. The zero-order valence-electron chi connectivity index (χ0n) is 6.02. The van der Waals surface area contributed by atoms with Crippen molar-refractivity contribution in [1.29, 1.82) is 0 Å². The van der Waals surface area contributed by atoms with E-state index in [9.17, 15) is 0 Å². The van der Waals surface area contributed by atoms with Gasteiger partial charge in [-0.1, -0.05) is 0 Å². The van der Waals surface area contributed by atoms with Crippen molar-refractivity contribution < 1.29 is 10.0 Å². The first-order valence-electron chi connectivity index (χ1n) is 2.77. The van der Waals surface area contributed by atoms with E-state index >= 15 is 0 Å². The highest BCUT2D eigenvalue weighted by Gasteiger charge is 1.81. The van der Waals surface area contributed by atoms with Gasteiger partial charge in [-0.05, 0) is 13.0 Å². The van der Waals surface area contributed by atoms with E-state index in [1.54, 1.807) is 4.68 Å². The molecule has 1 aromatic heterocycles. The molecule has 5 heteroatoms. The first-order chi connectivity index (χ1) is 4.70. The smallest absolute Gasteiger partial charge is 0.429 e. The Bertz CT molecular complexity index is 161. The van der Waals surface area contributed by atoms with E-state index in [0.29, 0.717) is 0 Å². The average Bonchev–Trinajstić information content (AvgIpc) is 2.17.